The summed E-state index contributed by atoms with van der Waals surface area (Å²) < 4.78 is 39.8. The van der Waals surface area contributed by atoms with E-state index in [2.05, 4.69) is 10.0 Å². The van der Waals surface area contributed by atoms with Crippen LogP contribution >= 0.6 is 0 Å². The van der Waals surface area contributed by atoms with Gasteiger partial charge in [0.2, 0.25) is 10.0 Å². The molecular weight excluding hydrogens is 294 g/mol. The minimum absolute atomic E-state index is 0.223. The van der Waals surface area contributed by atoms with Gasteiger partial charge in [0, 0.05) is 31.5 Å². The van der Waals surface area contributed by atoms with Gasteiger partial charge in [-0.05, 0) is 20.0 Å². The number of hydrogen-bond donors (Lipinski definition) is 2. The predicted molar refractivity (Wildman–Crippen MR) is 78.6 cm³/mol. The van der Waals surface area contributed by atoms with Crippen LogP contribution in [0, 0.1) is 0 Å². The van der Waals surface area contributed by atoms with Crippen LogP contribution in [0.5, 0.6) is 0 Å². The van der Waals surface area contributed by atoms with Gasteiger partial charge in [-0.1, -0.05) is 0 Å². The number of nitrogens with zero attached hydrogens (tertiary/aromatic N) is 1. The molecule has 0 aromatic carbocycles. The first kappa shape index (κ1) is 16.4. The fraction of sp³-hybridized carbons (Fsp3) is 0.692. The van der Waals surface area contributed by atoms with Gasteiger partial charge >= 0.3 is 0 Å². The number of nitrogens with one attached hydrogen (secondary N) is 2. The highest BCUT2D eigenvalue weighted by Crippen LogP contribution is 2.15. The summed E-state index contributed by atoms with van der Waals surface area (Å²) in [6.07, 6.45) is 1.44. The summed E-state index contributed by atoms with van der Waals surface area (Å²) in [6.45, 7) is 5.05. The van der Waals surface area contributed by atoms with Crippen molar-refractivity contribution in [2.24, 2.45) is 0 Å². The number of ether oxygens (including phenoxy) is 2. The first-order chi connectivity index (χ1) is 10.1. The highest BCUT2D eigenvalue weighted by Gasteiger charge is 2.21. The standard InChI is InChI=1S/C13H23N3O4S/c1-3-16-9-13(6-11(16)7-14-2)21(17,18)15-8-12-10-19-4-5-20-12/h6,9,12,14-15H,3-5,7-8,10H2,1-2H3. The zero-order valence-electron chi connectivity index (χ0n) is 12.5. The van der Waals surface area contributed by atoms with Gasteiger partial charge in [0.1, 0.15) is 0 Å². The van der Waals surface area contributed by atoms with Crippen molar-refractivity contribution in [1.29, 1.82) is 0 Å². The lowest BCUT2D eigenvalue weighted by Crippen LogP contribution is -2.39. The summed E-state index contributed by atoms with van der Waals surface area (Å²) >= 11 is 0. The molecule has 2 N–H and O–H groups in total. The van der Waals surface area contributed by atoms with Gasteiger partial charge in [0.05, 0.1) is 30.8 Å². The Morgan fingerprint density at radius 3 is 2.86 bits per heavy atom. The minimum atomic E-state index is -3.52. The lowest BCUT2D eigenvalue weighted by atomic mass is 10.3. The van der Waals surface area contributed by atoms with Crippen LogP contribution in [0.25, 0.3) is 0 Å². The van der Waals surface area contributed by atoms with Crippen LogP contribution in [0.3, 0.4) is 0 Å². The monoisotopic (exact) mass is 317 g/mol. The van der Waals surface area contributed by atoms with Crippen molar-refractivity contribution < 1.29 is 17.9 Å². The summed E-state index contributed by atoms with van der Waals surface area (Å²) in [4.78, 5) is 0.284. The van der Waals surface area contributed by atoms with Gasteiger partial charge < -0.3 is 19.4 Å². The van der Waals surface area contributed by atoms with Crippen LogP contribution in [0.15, 0.2) is 17.2 Å². The lowest BCUT2D eigenvalue weighted by molar-refractivity contribution is -0.0846. The molecule has 1 fully saturated rings. The van der Waals surface area contributed by atoms with Gasteiger partial charge in [0.25, 0.3) is 0 Å². The SMILES string of the molecule is CCn1cc(S(=O)(=O)NCC2COCCO2)cc1CNC. The topological polar surface area (TPSA) is 81.6 Å². The first-order valence-corrected chi connectivity index (χ1v) is 8.57. The van der Waals surface area contributed by atoms with E-state index in [1.807, 2.05) is 18.5 Å². The molecular formula is C13H23N3O4S. The zero-order chi connectivity index (χ0) is 15.3. The van der Waals surface area contributed by atoms with Crippen LogP contribution < -0.4 is 10.0 Å². The van der Waals surface area contributed by atoms with Crippen molar-refractivity contribution in [3.05, 3.63) is 18.0 Å². The molecule has 21 heavy (non-hydrogen) atoms. The summed E-state index contributed by atoms with van der Waals surface area (Å²) in [7, 11) is -1.69. The second-order valence-electron chi connectivity index (χ2n) is 4.90. The molecule has 2 heterocycles. The smallest absolute Gasteiger partial charge is 0.242 e. The predicted octanol–water partition coefficient (Wildman–Crippen LogP) is -0.0789. The molecule has 1 atom stereocenters. The van der Waals surface area contributed by atoms with E-state index in [-0.39, 0.29) is 17.5 Å². The van der Waals surface area contributed by atoms with E-state index in [1.54, 1.807) is 12.3 Å². The molecule has 1 aromatic rings. The number of aryl methyl sites for hydroxylation is 1. The minimum Gasteiger partial charge on any atom is -0.376 e. The Balaban J connectivity index is 2.04. The maximum absolute atomic E-state index is 12.3. The van der Waals surface area contributed by atoms with Gasteiger partial charge in [-0.2, -0.15) is 0 Å². The largest absolute Gasteiger partial charge is 0.376 e. The Morgan fingerprint density at radius 1 is 1.43 bits per heavy atom. The first-order valence-electron chi connectivity index (χ1n) is 7.09. The van der Waals surface area contributed by atoms with E-state index in [1.165, 1.54) is 0 Å². The number of sulfonamides is 1. The highest BCUT2D eigenvalue weighted by molar-refractivity contribution is 7.89. The normalized spacial score (nSPS) is 19.8. The Labute approximate surface area is 125 Å². The third-order valence-electron chi connectivity index (χ3n) is 3.36. The van der Waals surface area contributed by atoms with E-state index >= 15 is 0 Å². The van der Waals surface area contributed by atoms with Crippen LogP contribution in [-0.2, 0) is 32.6 Å². The summed E-state index contributed by atoms with van der Waals surface area (Å²) in [6, 6.07) is 1.70. The van der Waals surface area contributed by atoms with Crippen molar-refractivity contribution in [3.63, 3.8) is 0 Å². The van der Waals surface area contributed by atoms with E-state index in [0.717, 1.165) is 12.2 Å². The third kappa shape index (κ3) is 4.27. The van der Waals surface area contributed by atoms with Gasteiger partial charge in [-0.15, -0.1) is 0 Å². The maximum Gasteiger partial charge on any atom is 0.242 e. The van der Waals surface area contributed by atoms with Crippen molar-refractivity contribution in [2.75, 3.05) is 33.4 Å². The molecule has 1 saturated heterocycles. The Bertz CT molecular complexity index is 550. The van der Waals surface area contributed by atoms with E-state index in [9.17, 15) is 8.42 Å². The van der Waals surface area contributed by atoms with Gasteiger partial charge in [0.15, 0.2) is 0 Å². The maximum atomic E-state index is 12.3. The van der Waals surface area contributed by atoms with Crippen molar-refractivity contribution >= 4 is 10.0 Å². The van der Waals surface area contributed by atoms with Crippen LogP contribution in [0.2, 0.25) is 0 Å². The highest BCUT2D eigenvalue weighted by atomic mass is 32.2. The van der Waals surface area contributed by atoms with E-state index < -0.39 is 10.0 Å². The Kier molecular flexibility index (Phi) is 5.77. The van der Waals surface area contributed by atoms with Crippen molar-refractivity contribution in [1.82, 2.24) is 14.6 Å². The quantitative estimate of drug-likeness (QED) is 0.735. The molecule has 2 rings (SSSR count). The molecule has 8 heteroatoms. The van der Waals surface area contributed by atoms with Crippen LogP contribution in [0.1, 0.15) is 12.6 Å². The molecule has 0 bridgehead atoms. The summed E-state index contributed by atoms with van der Waals surface area (Å²) in [5, 5.41) is 3.03. The second kappa shape index (κ2) is 7.37. The molecule has 1 aliphatic rings. The molecule has 1 unspecified atom stereocenters. The fourth-order valence-electron chi connectivity index (χ4n) is 2.24. The molecule has 1 aliphatic heterocycles. The van der Waals surface area contributed by atoms with Crippen LogP contribution in [-0.4, -0.2) is 52.5 Å². The fourth-order valence-corrected chi connectivity index (χ4v) is 3.37. The molecule has 0 saturated carbocycles. The number of hydrogen-bond acceptors (Lipinski definition) is 5. The van der Waals surface area contributed by atoms with Crippen LogP contribution in [0.4, 0.5) is 0 Å². The number of rotatable bonds is 7. The third-order valence-corrected chi connectivity index (χ3v) is 4.75. The van der Waals surface area contributed by atoms with E-state index in [0.29, 0.717) is 26.4 Å². The Morgan fingerprint density at radius 2 is 2.24 bits per heavy atom. The average Bonchev–Trinajstić information content (AvgIpc) is 2.91. The summed E-state index contributed by atoms with van der Waals surface area (Å²) in [5.74, 6) is 0. The Hall–Kier alpha value is -0.930. The lowest BCUT2D eigenvalue weighted by Gasteiger charge is -2.22. The van der Waals surface area contributed by atoms with Crippen molar-refractivity contribution in [3.8, 4) is 0 Å². The zero-order valence-corrected chi connectivity index (χ0v) is 13.3. The molecule has 0 aliphatic carbocycles. The molecule has 1 aromatic heterocycles. The molecule has 7 nitrogen and oxygen atoms in total. The van der Waals surface area contributed by atoms with E-state index in [4.69, 9.17) is 9.47 Å². The molecule has 0 radical (unpaired) electrons. The molecule has 0 spiro atoms. The second-order valence-corrected chi connectivity index (χ2v) is 6.67. The average molecular weight is 317 g/mol. The van der Waals surface area contributed by atoms with Crippen molar-refractivity contribution in [2.45, 2.75) is 31.0 Å². The molecule has 120 valence electrons. The van der Waals surface area contributed by atoms with Gasteiger partial charge in [-0.3, -0.25) is 0 Å². The summed E-state index contributed by atoms with van der Waals surface area (Å²) in [5.41, 5.74) is 0.942. The molecule has 0 amide bonds. The van der Waals surface area contributed by atoms with Gasteiger partial charge in [-0.25, -0.2) is 13.1 Å². The number of aromatic nitrogens is 1.